The smallest absolute Gasteiger partial charge is 0.234 e. The molecule has 2 aromatic carbocycles. The van der Waals surface area contributed by atoms with E-state index in [0.29, 0.717) is 33.8 Å². The number of aliphatic hydroxyl groups excluding tert-OH is 1. The number of hydrogen-bond donors (Lipinski definition) is 3. The highest BCUT2D eigenvalue weighted by Gasteiger charge is 2.13. The molecule has 0 aliphatic rings. The Morgan fingerprint density at radius 2 is 1.70 bits per heavy atom. The number of carbonyl (C=O) groups is 2. The van der Waals surface area contributed by atoms with E-state index >= 15 is 0 Å². The number of carbonyl (C=O) groups excluding carboxylic acids is 2. The summed E-state index contributed by atoms with van der Waals surface area (Å²) in [7, 11) is 0. The number of nitrogens with zero attached hydrogens (tertiary/aromatic N) is 2. The fraction of sp³-hybridized carbons (Fsp3) is 0.190. The van der Waals surface area contributed by atoms with Gasteiger partial charge < -0.3 is 20.3 Å². The number of rotatable bonds is 8. The van der Waals surface area contributed by atoms with E-state index in [4.69, 9.17) is 11.6 Å². The van der Waals surface area contributed by atoms with E-state index < -0.39 is 0 Å². The summed E-state index contributed by atoms with van der Waals surface area (Å²) < 4.78 is 1.88. The molecule has 3 aromatic rings. The van der Waals surface area contributed by atoms with Crippen molar-refractivity contribution in [3.63, 3.8) is 0 Å². The molecule has 0 aliphatic heterocycles. The molecule has 9 heteroatoms. The second-order valence-corrected chi connectivity index (χ2v) is 7.88. The summed E-state index contributed by atoms with van der Waals surface area (Å²) in [6.45, 7) is 1.81. The predicted octanol–water partition coefficient (Wildman–Crippen LogP) is 3.77. The minimum Gasteiger partial charge on any atom is -0.390 e. The van der Waals surface area contributed by atoms with Gasteiger partial charge in [0.05, 0.1) is 24.3 Å². The van der Waals surface area contributed by atoms with Gasteiger partial charge in [0.1, 0.15) is 0 Å². The molecule has 0 radical (unpaired) electrons. The van der Waals surface area contributed by atoms with Crippen molar-refractivity contribution in [2.75, 3.05) is 16.4 Å². The van der Waals surface area contributed by atoms with Crippen molar-refractivity contribution in [1.29, 1.82) is 0 Å². The third kappa shape index (κ3) is 6.09. The van der Waals surface area contributed by atoms with E-state index in [1.165, 1.54) is 18.7 Å². The van der Waals surface area contributed by atoms with Crippen LogP contribution in [0.15, 0.2) is 59.9 Å². The monoisotopic (exact) mass is 444 g/mol. The van der Waals surface area contributed by atoms with Crippen molar-refractivity contribution in [3.05, 3.63) is 71.0 Å². The number of amides is 2. The SMILES string of the molecule is CC(=O)Nc1ccc(NC(=O)CSc2ncc(CO)n2Cc2ccc(Cl)cc2)cc1. The lowest BCUT2D eigenvalue weighted by atomic mass is 10.2. The molecule has 0 saturated carbocycles. The van der Waals surface area contributed by atoms with Crippen LogP contribution in [0.4, 0.5) is 11.4 Å². The van der Waals surface area contributed by atoms with E-state index in [1.807, 2.05) is 28.8 Å². The van der Waals surface area contributed by atoms with E-state index in [-0.39, 0.29) is 24.2 Å². The van der Waals surface area contributed by atoms with Crippen LogP contribution in [-0.4, -0.2) is 32.2 Å². The largest absolute Gasteiger partial charge is 0.390 e. The van der Waals surface area contributed by atoms with Gasteiger partial charge in [-0.3, -0.25) is 9.59 Å². The molecular formula is C21H21ClN4O3S. The van der Waals surface area contributed by atoms with Crippen molar-refractivity contribution < 1.29 is 14.7 Å². The van der Waals surface area contributed by atoms with E-state index in [0.717, 1.165) is 5.56 Å². The number of thioether (sulfide) groups is 1. The van der Waals surface area contributed by atoms with Crippen LogP contribution in [0.3, 0.4) is 0 Å². The van der Waals surface area contributed by atoms with Gasteiger partial charge in [-0.05, 0) is 42.0 Å². The van der Waals surface area contributed by atoms with E-state index in [2.05, 4.69) is 15.6 Å². The summed E-state index contributed by atoms with van der Waals surface area (Å²) in [6, 6.07) is 14.3. The number of halogens is 1. The Morgan fingerprint density at radius 3 is 2.30 bits per heavy atom. The first-order valence-corrected chi connectivity index (χ1v) is 10.5. The van der Waals surface area contributed by atoms with Crippen molar-refractivity contribution in [1.82, 2.24) is 9.55 Å². The van der Waals surface area contributed by atoms with E-state index in [1.54, 1.807) is 30.5 Å². The van der Waals surface area contributed by atoms with Gasteiger partial charge in [-0.25, -0.2) is 4.98 Å². The summed E-state index contributed by atoms with van der Waals surface area (Å²) in [6.07, 6.45) is 1.61. The Bertz CT molecular complexity index is 1020. The molecule has 1 heterocycles. The Hall–Kier alpha value is -2.81. The molecule has 0 saturated heterocycles. The van der Waals surface area contributed by atoms with Gasteiger partial charge in [0.25, 0.3) is 0 Å². The molecular weight excluding hydrogens is 424 g/mol. The van der Waals surface area contributed by atoms with Crippen molar-refractivity contribution in [2.45, 2.75) is 25.2 Å². The third-order valence-corrected chi connectivity index (χ3v) is 5.38. The van der Waals surface area contributed by atoms with Crippen molar-refractivity contribution in [3.8, 4) is 0 Å². The van der Waals surface area contributed by atoms with Gasteiger partial charge >= 0.3 is 0 Å². The molecule has 7 nitrogen and oxygen atoms in total. The van der Waals surface area contributed by atoms with Gasteiger partial charge in [0.2, 0.25) is 11.8 Å². The molecule has 0 spiro atoms. The lowest BCUT2D eigenvalue weighted by molar-refractivity contribution is -0.114. The summed E-state index contributed by atoms with van der Waals surface area (Å²) in [5, 5.41) is 16.4. The average Bonchev–Trinajstić information content (AvgIpc) is 3.11. The predicted molar refractivity (Wildman–Crippen MR) is 119 cm³/mol. The summed E-state index contributed by atoms with van der Waals surface area (Å²) in [5.74, 6) is -0.172. The topological polar surface area (TPSA) is 96.2 Å². The number of anilines is 2. The quantitative estimate of drug-likeness (QED) is 0.459. The summed E-state index contributed by atoms with van der Waals surface area (Å²) in [5.41, 5.74) is 2.98. The summed E-state index contributed by atoms with van der Waals surface area (Å²) >= 11 is 7.23. The molecule has 3 rings (SSSR count). The van der Waals surface area contributed by atoms with Gasteiger partial charge in [0.15, 0.2) is 5.16 Å². The maximum Gasteiger partial charge on any atom is 0.234 e. The third-order valence-electron chi connectivity index (χ3n) is 4.14. The molecule has 2 amide bonds. The molecule has 30 heavy (non-hydrogen) atoms. The number of aromatic nitrogens is 2. The van der Waals surface area contributed by atoms with Crippen LogP contribution in [0.1, 0.15) is 18.2 Å². The Labute approximate surface area is 183 Å². The van der Waals surface area contributed by atoms with Gasteiger partial charge in [-0.15, -0.1) is 0 Å². The summed E-state index contributed by atoms with van der Waals surface area (Å²) in [4.78, 5) is 27.7. The number of hydrogen-bond acceptors (Lipinski definition) is 5. The van der Waals surface area contributed by atoms with Crippen LogP contribution >= 0.6 is 23.4 Å². The minimum absolute atomic E-state index is 0.145. The van der Waals surface area contributed by atoms with Crippen LogP contribution in [0.5, 0.6) is 0 Å². The number of imidazole rings is 1. The Balaban J connectivity index is 1.61. The second-order valence-electron chi connectivity index (χ2n) is 6.50. The molecule has 0 fully saturated rings. The highest BCUT2D eigenvalue weighted by Crippen LogP contribution is 2.22. The highest BCUT2D eigenvalue weighted by molar-refractivity contribution is 7.99. The molecule has 0 atom stereocenters. The zero-order valence-corrected chi connectivity index (χ0v) is 17.8. The first-order chi connectivity index (χ1) is 14.4. The van der Waals surface area contributed by atoms with Crippen molar-refractivity contribution in [2.24, 2.45) is 0 Å². The Kier molecular flexibility index (Phi) is 7.51. The van der Waals surface area contributed by atoms with Gasteiger partial charge in [0, 0.05) is 29.9 Å². The number of benzene rings is 2. The zero-order valence-electron chi connectivity index (χ0n) is 16.3. The molecule has 0 bridgehead atoms. The molecule has 156 valence electrons. The maximum atomic E-state index is 12.3. The maximum absolute atomic E-state index is 12.3. The first kappa shape index (κ1) is 21.9. The second kappa shape index (κ2) is 10.3. The number of aliphatic hydroxyl groups is 1. The van der Waals surface area contributed by atoms with Crippen LogP contribution in [0.25, 0.3) is 0 Å². The van der Waals surface area contributed by atoms with Gasteiger partial charge in [-0.2, -0.15) is 0 Å². The van der Waals surface area contributed by atoms with Crippen LogP contribution in [0.2, 0.25) is 5.02 Å². The first-order valence-electron chi connectivity index (χ1n) is 9.14. The Morgan fingerprint density at radius 1 is 1.07 bits per heavy atom. The van der Waals surface area contributed by atoms with E-state index in [9.17, 15) is 14.7 Å². The highest BCUT2D eigenvalue weighted by atomic mass is 35.5. The normalized spacial score (nSPS) is 10.6. The minimum atomic E-state index is -0.182. The number of nitrogens with one attached hydrogen (secondary N) is 2. The average molecular weight is 445 g/mol. The van der Waals surface area contributed by atoms with Crippen molar-refractivity contribution >= 4 is 46.6 Å². The molecule has 1 aromatic heterocycles. The fourth-order valence-corrected chi connectivity index (χ4v) is 3.67. The van der Waals surface area contributed by atoms with Crippen LogP contribution < -0.4 is 10.6 Å². The lowest BCUT2D eigenvalue weighted by Crippen LogP contribution is -2.15. The molecule has 0 unspecified atom stereocenters. The zero-order chi connectivity index (χ0) is 21.5. The standard InChI is InChI=1S/C21H21ClN4O3S/c1-14(28)24-17-6-8-18(9-7-17)25-20(29)13-30-21-23-10-19(12-27)26(21)11-15-2-4-16(22)5-3-15/h2-10,27H,11-13H2,1H3,(H,24,28)(H,25,29). The van der Waals surface area contributed by atoms with Crippen LogP contribution in [0, 0.1) is 0 Å². The molecule has 3 N–H and O–H groups in total. The van der Waals surface area contributed by atoms with Crippen LogP contribution in [-0.2, 0) is 22.7 Å². The lowest BCUT2D eigenvalue weighted by Gasteiger charge is -2.11. The fourth-order valence-electron chi connectivity index (χ4n) is 2.74. The molecule has 0 aliphatic carbocycles. The van der Waals surface area contributed by atoms with Gasteiger partial charge in [-0.1, -0.05) is 35.5 Å².